The molecule has 0 unspecified atom stereocenters. The van der Waals surface area contributed by atoms with Crippen LogP contribution in [-0.4, -0.2) is 15.7 Å². The summed E-state index contributed by atoms with van der Waals surface area (Å²) in [6, 6.07) is 10.6. The minimum atomic E-state index is -0.675. The van der Waals surface area contributed by atoms with Crippen LogP contribution in [0.2, 0.25) is 5.02 Å². The van der Waals surface area contributed by atoms with Crippen molar-refractivity contribution in [1.29, 1.82) is 0 Å². The van der Waals surface area contributed by atoms with Gasteiger partial charge in [0.2, 0.25) is 0 Å². The number of carbonyl (C=O) groups is 1. The van der Waals surface area contributed by atoms with Gasteiger partial charge < -0.3 is 4.74 Å². The fourth-order valence-electron chi connectivity index (χ4n) is 2.60. The summed E-state index contributed by atoms with van der Waals surface area (Å²) < 4.78 is 19.7. The van der Waals surface area contributed by atoms with E-state index >= 15 is 0 Å². The molecule has 5 nitrogen and oxygen atoms in total. The fourth-order valence-corrected chi connectivity index (χ4v) is 2.82. The van der Waals surface area contributed by atoms with Crippen LogP contribution in [-0.2, 0) is 17.9 Å². The second-order valence-corrected chi connectivity index (χ2v) is 6.14. The molecule has 0 aliphatic heterocycles. The van der Waals surface area contributed by atoms with Gasteiger partial charge in [0.15, 0.2) is 5.69 Å². The van der Waals surface area contributed by atoms with Gasteiger partial charge in [-0.3, -0.25) is 4.79 Å². The maximum atomic E-state index is 13.1. The van der Waals surface area contributed by atoms with E-state index in [0.717, 1.165) is 6.07 Å². The molecule has 1 aromatic heterocycles. The number of aromatic nitrogens is 2. The van der Waals surface area contributed by atoms with E-state index < -0.39 is 11.8 Å². The van der Waals surface area contributed by atoms with E-state index in [2.05, 4.69) is 5.10 Å². The van der Waals surface area contributed by atoms with E-state index in [1.165, 1.54) is 16.8 Å². The van der Waals surface area contributed by atoms with E-state index in [1.54, 1.807) is 24.3 Å². The lowest BCUT2D eigenvalue weighted by molar-refractivity contribution is 0.0465. The van der Waals surface area contributed by atoms with Gasteiger partial charge in [-0.25, -0.2) is 13.9 Å². The zero-order valence-electron chi connectivity index (χ0n) is 14.0. The van der Waals surface area contributed by atoms with Crippen LogP contribution in [0.3, 0.4) is 0 Å². The molecule has 0 amide bonds. The Morgan fingerprint density at radius 1 is 1.23 bits per heavy atom. The first-order valence-corrected chi connectivity index (χ1v) is 8.50. The number of carbonyl (C=O) groups excluding carboxylic acids is 1. The molecule has 1 heterocycles. The van der Waals surface area contributed by atoms with E-state index in [9.17, 15) is 14.0 Å². The van der Waals surface area contributed by atoms with Crippen LogP contribution in [0.15, 0.2) is 47.3 Å². The third-order valence-electron chi connectivity index (χ3n) is 3.87. The highest BCUT2D eigenvalue weighted by Crippen LogP contribution is 2.20. The molecule has 0 aliphatic carbocycles. The molecule has 134 valence electrons. The van der Waals surface area contributed by atoms with Gasteiger partial charge in [0.1, 0.15) is 12.4 Å². The van der Waals surface area contributed by atoms with E-state index in [1.807, 2.05) is 6.92 Å². The zero-order chi connectivity index (χ0) is 18.7. The van der Waals surface area contributed by atoms with E-state index in [-0.39, 0.29) is 22.9 Å². The predicted molar refractivity (Wildman–Crippen MR) is 96.8 cm³/mol. The van der Waals surface area contributed by atoms with Gasteiger partial charge in [-0.05, 0) is 24.6 Å². The van der Waals surface area contributed by atoms with Crippen molar-refractivity contribution in [3.63, 3.8) is 0 Å². The van der Waals surface area contributed by atoms with Crippen LogP contribution in [0.25, 0.3) is 10.8 Å². The quantitative estimate of drug-likeness (QED) is 0.634. The second-order valence-electron chi connectivity index (χ2n) is 5.73. The van der Waals surface area contributed by atoms with E-state index in [0.29, 0.717) is 29.3 Å². The highest BCUT2D eigenvalue weighted by molar-refractivity contribution is 6.31. The van der Waals surface area contributed by atoms with Gasteiger partial charge in [-0.1, -0.05) is 42.8 Å². The maximum Gasteiger partial charge on any atom is 0.359 e. The van der Waals surface area contributed by atoms with Gasteiger partial charge in [0.05, 0.1) is 10.4 Å². The lowest BCUT2D eigenvalue weighted by Gasteiger charge is -2.11. The molecule has 0 N–H and O–H groups in total. The Hall–Kier alpha value is -2.73. The zero-order valence-corrected chi connectivity index (χ0v) is 14.8. The summed E-state index contributed by atoms with van der Waals surface area (Å²) in [4.78, 5) is 25.0. The van der Waals surface area contributed by atoms with Crippen LogP contribution in [0.1, 0.15) is 29.4 Å². The lowest BCUT2D eigenvalue weighted by Crippen LogP contribution is -2.26. The molecule has 0 atom stereocenters. The summed E-state index contributed by atoms with van der Waals surface area (Å²) in [5.74, 6) is -1.14. The first kappa shape index (κ1) is 18.1. The highest BCUT2D eigenvalue weighted by Gasteiger charge is 2.18. The summed E-state index contributed by atoms with van der Waals surface area (Å²) in [5.41, 5.74) is 0.292. The Bertz CT molecular complexity index is 1030. The van der Waals surface area contributed by atoms with Crippen molar-refractivity contribution >= 4 is 28.3 Å². The molecule has 7 heteroatoms. The number of halogens is 2. The lowest BCUT2D eigenvalue weighted by atomic mass is 10.1. The Morgan fingerprint density at radius 3 is 2.65 bits per heavy atom. The molecule has 3 rings (SSSR count). The van der Waals surface area contributed by atoms with Crippen LogP contribution in [0.4, 0.5) is 4.39 Å². The molecule has 2 aromatic carbocycles. The van der Waals surface area contributed by atoms with Crippen LogP contribution in [0, 0.1) is 5.82 Å². The van der Waals surface area contributed by atoms with Crippen molar-refractivity contribution in [3.05, 3.63) is 74.9 Å². The normalized spacial score (nSPS) is 10.9. The minimum Gasteiger partial charge on any atom is -0.456 e. The molecule has 0 saturated carbocycles. The number of hydrogen-bond donors (Lipinski definition) is 0. The molecule has 26 heavy (non-hydrogen) atoms. The standard InChI is InChI=1S/C19H16ClFN2O3/c1-2-9-23-18(24)15-6-4-3-5-14(15)17(22-23)19(25)26-11-12-7-8-13(21)10-16(12)20/h3-8,10H,2,9,11H2,1H3. The Morgan fingerprint density at radius 2 is 1.96 bits per heavy atom. The SMILES string of the molecule is CCCn1nc(C(=O)OCc2ccc(F)cc2Cl)c2ccccc2c1=O. The van der Waals surface area contributed by atoms with Crippen molar-refractivity contribution in [1.82, 2.24) is 9.78 Å². The van der Waals surface area contributed by atoms with Crippen LogP contribution in [0.5, 0.6) is 0 Å². The number of nitrogens with zero attached hydrogens (tertiary/aromatic N) is 2. The molecular formula is C19H16ClFN2O3. The molecule has 0 fully saturated rings. The van der Waals surface area contributed by atoms with E-state index in [4.69, 9.17) is 16.3 Å². The predicted octanol–water partition coefficient (Wildman–Crippen LogP) is 3.96. The number of hydrogen-bond acceptors (Lipinski definition) is 4. The van der Waals surface area contributed by atoms with Crippen molar-refractivity contribution < 1.29 is 13.9 Å². The number of fused-ring (bicyclic) bond motifs is 1. The highest BCUT2D eigenvalue weighted by atomic mass is 35.5. The van der Waals surface area contributed by atoms with Crippen molar-refractivity contribution in [2.24, 2.45) is 0 Å². The smallest absolute Gasteiger partial charge is 0.359 e. The van der Waals surface area contributed by atoms with Gasteiger partial charge in [0, 0.05) is 17.5 Å². The number of benzene rings is 2. The summed E-state index contributed by atoms with van der Waals surface area (Å²) in [7, 11) is 0. The monoisotopic (exact) mass is 374 g/mol. The largest absolute Gasteiger partial charge is 0.456 e. The molecule has 3 aromatic rings. The Balaban J connectivity index is 1.94. The Kier molecular flexibility index (Phi) is 5.32. The summed E-state index contributed by atoms with van der Waals surface area (Å²) in [6.07, 6.45) is 0.699. The van der Waals surface area contributed by atoms with Crippen molar-refractivity contribution in [2.45, 2.75) is 26.5 Å². The number of aryl methyl sites for hydroxylation is 1. The van der Waals surface area contributed by atoms with Crippen LogP contribution >= 0.6 is 11.6 Å². The third-order valence-corrected chi connectivity index (χ3v) is 4.22. The topological polar surface area (TPSA) is 61.2 Å². The first-order chi connectivity index (χ1) is 12.5. The van der Waals surface area contributed by atoms with Gasteiger partial charge in [-0.2, -0.15) is 5.10 Å². The molecule has 0 radical (unpaired) electrons. The molecule has 0 bridgehead atoms. The van der Waals surface area contributed by atoms with Crippen molar-refractivity contribution in [3.8, 4) is 0 Å². The molecule has 0 aliphatic rings. The third kappa shape index (κ3) is 3.60. The average Bonchev–Trinajstić information content (AvgIpc) is 2.63. The average molecular weight is 375 g/mol. The molecular weight excluding hydrogens is 359 g/mol. The fraction of sp³-hybridized carbons (Fsp3) is 0.211. The van der Waals surface area contributed by atoms with Gasteiger partial charge >= 0.3 is 5.97 Å². The first-order valence-electron chi connectivity index (χ1n) is 8.12. The summed E-state index contributed by atoms with van der Waals surface area (Å²) >= 11 is 5.95. The number of ether oxygens (including phenoxy) is 1. The molecule has 0 saturated heterocycles. The molecule has 0 spiro atoms. The van der Waals surface area contributed by atoms with Gasteiger partial charge in [-0.15, -0.1) is 0 Å². The Labute approximate surface area is 154 Å². The number of esters is 1. The van der Waals surface area contributed by atoms with Gasteiger partial charge in [0.25, 0.3) is 5.56 Å². The summed E-state index contributed by atoms with van der Waals surface area (Å²) in [5, 5.41) is 5.18. The minimum absolute atomic E-state index is 0.0619. The van der Waals surface area contributed by atoms with Crippen molar-refractivity contribution in [2.75, 3.05) is 0 Å². The maximum absolute atomic E-state index is 13.1. The second kappa shape index (κ2) is 7.66. The number of rotatable bonds is 5. The van der Waals surface area contributed by atoms with Crippen LogP contribution < -0.4 is 5.56 Å². The summed E-state index contributed by atoms with van der Waals surface area (Å²) in [6.45, 7) is 2.19.